The van der Waals surface area contributed by atoms with E-state index in [1.54, 1.807) is 0 Å². The van der Waals surface area contributed by atoms with Crippen LogP contribution in [-0.2, 0) is 9.53 Å². The van der Waals surface area contributed by atoms with Gasteiger partial charge in [0.05, 0.1) is 7.11 Å². The van der Waals surface area contributed by atoms with Crippen LogP contribution in [-0.4, -0.2) is 32.2 Å². The number of hydrogen-bond acceptors (Lipinski definition) is 4. The van der Waals surface area contributed by atoms with E-state index < -0.39 is 6.04 Å². The molecular weight excluding hydrogens is 308 g/mol. The third-order valence-corrected chi connectivity index (χ3v) is 4.10. The molecule has 1 heterocycles. The summed E-state index contributed by atoms with van der Waals surface area (Å²) < 4.78 is 5.75. The van der Waals surface area contributed by atoms with Gasteiger partial charge in [-0.1, -0.05) is 15.9 Å². The van der Waals surface area contributed by atoms with Crippen LogP contribution in [0.1, 0.15) is 12.8 Å². The molecule has 0 bridgehead atoms. The predicted molar refractivity (Wildman–Crippen MR) is 79.1 cm³/mol. The maximum atomic E-state index is 11.3. The number of ether oxygens (including phenoxy) is 1. The Morgan fingerprint density at radius 3 is 2.84 bits per heavy atom. The van der Waals surface area contributed by atoms with Gasteiger partial charge in [0.15, 0.2) is 0 Å². The number of nitrogens with two attached hydrogens (primary N) is 1. The van der Waals surface area contributed by atoms with Crippen LogP contribution in [0.2, 0.25) is 0 Å². The van der Waals surface area contributed by atoms with Gasteiger partial charge in [-0.05, 0) is 43.0 Å². The fraction of sp³-hybridized carbons (Fsp3) is 0.500. The standard InChI is InChI=1S/C14H19BrN2O2/c1-19-14(18)13(16)8-10-6-7-17(9-10)12-4-2-11(15)3-5-12/h2-5,10,13H,6-9,16H2,1H3. The molecule has 104 valence electrons. The van der Waals surface area contributed by atoms with Crippen LogP contribution in [0.4, 0.5) is 5.69 Å². The minimum absolute atomic E-state index is 0.318. The molecule has 0 amide bonds. The SMILES string of the molecule is COC(=O)C(N)CC1CCN(c2ccc(Br)cc2)C1. The molecule has 0 aliphatic carbocycles. The zero-order valence-electron chi connectivity index (χ0n) is 11.0. The fourth-order valence-corrected chi connectivity index (χ4v) is 2.78. The van der Waals surface area contributed by atoms with E-state index in [1.807, 2.05) is 12.1 Å². The van der Waals surface area contributed by atoms with Crippen molar-refractivity contribution < 1.29 is 9.53 Å². The van der Waals surface area contributed by atoms with E-state index in [0.29, 0.717) is 12.3 Å². The van der Waals surface area contributed by atoms with Gasteiger partial charge < -0.3 is 15.4 Å². The Kier molecular flexibility index (Phi) is 4.82. The summed E-state index contributed by atoms with van der Waals surface area (Å²) in [5.74, 6) is 0.139. The van der Waals surface area contributed by atoms with Crippen molar-refractivity contribution in [1.82, 2.24) is 0 Å². The van der Waals surface area contributed by atoms with Crippen molar-refractivity contribution in [3.05, 3.63) is 28.7 Å². The molecule has 2 N–H and O–H groups in total. The fourth-order valence-electron chi connectivity index (χ4n) is 2.52. The molecule has 0 saturated carbocycles. The highest BCUT2D eigenvalue weighted by Gasteiger charge is 2.27. The predicted octanol–water partition coefficient (Wildman–Crippen LogP) is 2.17. The van der Waals surface area contributed by atoms with Crippen LogP contribution in [0, 0.1) is 5.92 Å². The lowest BCUT2D eigenvalue weighted by molar-refractivity contribution is -0.142. The molecule has 2 unspecified atom stereocenters. The highest BCUT2D eigenvalue weighted by molar-refractivity contribution is 9.10. The number of halogens is 1. The van der Waals surface area contributed by atoms with Crippen molar-refractivity contribution in [2.75, 3.05) is 25.1 Å². The van der Waals surface area contributed by atoms with Crippen LogP contribution in [0.15, 0.2) is 28.7 Å². The molecule has 1 fully saturated rings. The van der Waals surface area contributed by atoms with Crippen LogP contribution in [0.3, 0.4) is 0 Å². The number of anilines is 1. The first-order valence-corrected chi connectivity index (χ1v) is 7.23. The number of benzene rings is 1. The maximum Gasteiger partial charge on any atom is 0.322 e. The summed E-state index contributed by atoms with van der Waals surface area (Å²) in [5, 5.41) is 0. The summed E-state index contributed by atoms with van der Waals surface area (Å²) >= 11 is 3.44. The van der Waals surface area contributed by atoms with E-state index in [-0.39, 0.29) is 5.97 Å². The second-order valence-electron chi connectivity index (χ2n) is 4.94. The largest absolute Gasteiger partial charge is 0.468 e. The summed E-state index contributed by atoms with van der Waals surface area (Å²) in [4.78, 5) is 13.7. The minimum atomic E-state index is -0.500. The van der Waals surface area contributed by atoms with Crippen molar-refractivity contribution in [2.45, 2.75) is 18.9 Å². The van der Waals surface area contributed by atoms with Gasteiger partial charge in [-0.3, -0.25) is 4.79 Å². The van der Waals surface area contributed by atoms with Gasteiger partial charge in [0, 0.05) is 23.2 Å². The number of nitrogens with zero attached hydrogens (tertiary/aromatic N) is 1. The normalized spacial score (nSPS) is 20.4. The molecule has 0 aromatic heterocycles. The van der Waals surface area contributed by atoms with Gasteiger partial charge in [0.1, 0.15) is 6.04 Å². The molecule has 1 saturated heterocycles. The van der Waals surface area contributed by atoms with Crippen molar-refractivity contribution in [3.8, 4) is 0 Å². The first-order valence-electron chi connectivity index (χ1n) is 6.44. The van der Waals surface area contributed by atoms with Crippen LogP contribution < -0.4 is 10.6 Å². The minimum Gasteiger partial charge on any atom is -0.468 e. The summed E-state index contributed by atoms with van der Waals surface area (Å²) in [7, 11) is 1.38. The Labute approximate surface area is 122 Å². The van der Waals surface area contributed by atoms with Crippen molar-refractivity contribution >= 4 is 27.6 Å². The molecular formula is C14H19BrN2O2. The van der Waals surface area contributed by atoms with Gasteiger partial charge in [0.2, 0.25) is 0 Å². The number of esters is 1. The Balaban J connectivity index is 1.89. The second kappa shape index (κ2) is 6.39. The third-order valence-electron chi connectivity index (χ3n) is 3.57. The Morgan fingerprint density at radius 1 is 1.53 bits per heavy atom. The maximum absolute atomic E-state index is 11.3. The quantitative estimate of drug-likeness (QED) is 0.861. The Hall–Kier alpha value is -1.07. The lowest BCUT2D eigenvalue weighted by Gasteiger charge is -2.19. The molecule has 4 nitrogen and oxygen atoms in total. The summed E-state index contributed by atoms with van der Waals surface area (Å²) in [5.41, 5.74) is 7.03. The second-order valence-corrected chi connectivity index (χ2v) is 5.86. The average Bonchev–Trinajstić information content (AvgIpc) is 2.87. The molecule has 2 rings (SSSR count). The zero-order valence-corrected chi connectivity index (χ0v) is 12.6. The van der Waals surface area contributed by atoms with E-state index in [1.165, 1.54) is 12.8 Å². The topological polar surface area (TPSA) is 55.6 Å². The smallest absolute Gasteiger partial charge is 0.322 e. The van der Waals surface area contributed by atoms with E-state index in [4.69, 9.17) is 5.73 Å². The Bertz CT molecular complexity index is 436. The van der Waals surface area contributed by atoms with Gasteiger partial charge in [-0.2, -0.15) is 0 Å². The van der Waals surface area contributed by atoms with Gasteiger partial charge in [0.25, 0.3) is 0 Å². The highest BCUT2D eigenvalue weighted by Crippen LogP contribution is 2.27. The van der Waals surface area contributed by atoms with Crippen molar-refractivity contribution in [3.63, 3.8) is 0 Å². The highest BCUT2D eigenvalue weighted by atomic mass is 79.9. The van der Waals surface area contributed by atoms with Crippen LogP contribution >= 0.6 is 15.9 Å². The molecule has 5 heteroatoms. The van der Waals surface area contributed by atoms with Gasteiger partial charge >= 0.3 is 5.97 Å². The summed E-state index contributed by atoms with van der Waals surface area (Å²) in [6, 6.07) is 7.80. The van der Waals surface area contributed by atoms with Crippen molar-refractivity contribution in [1.29, 1.82) is 0 Å². The summed E-state index contributed by atoms with van der Waals surface area (Å²) in [6.07, 6.45) is 1.76. The third kappa shape index (κ3) is 3.70. The lowest BCUT2D eigenvalue weighted by atomic mass is 10.00. The monoisotopic (exact) mass is 326 g/mol. The van der Waals surface area contributed by atoms with Gasteiger partial charge in [-0.25, -0.2) is 0 Å². The zero-order chi connectivity index (χ0) is 13.8. The molecule has 0 spiro atoms. The molecule has 1 aliphatic heterocycles. The summed E-state index contributed by atoms with van der Waals surface area (Å²) in [6.45, 7) is 1.96. The van der Waals surface area contributed by atoms with Crippen molar-refractivity contribution in [2.24, 2.45) is 11.7 Å². The molecule has 2 atom stereocenters. The number of hydrogen-bond donors (Lipinski definition) is 1. The average molecular weight is 327 g/mol. The number of carbonyl (C=O) groups is 1. The van der Waals surface area contributed by atoms with E-state index in [2.05, 4.69) is 37.7 Å². The van der Waals surface area contributed by atoms with E-state index in [0.717, 1.165) is 24.0 Å². The Morgan fingerprint density at radius 2 is 2.21 bits per heavy atom. The number of methoxy groups -OCH3 is 1. The molecule has 1 aromatic rings. The van der Waals surface area contributed by atoms with Gasteiger partial charge in [-0.15, -0.1) is 0 Å². The number of rotatable bonds is 4. The molecule has 19 heavy (non-hydrogen) atoms. The first kappa shape index (κ1) is 14.3. The molecule has 1 aromatic carbocycles. The molecule has 1 aliphatic rings. The lowest BCUT2D eigenvalue weighted by Crippen LogP contribution is -2.34. The van der Waals surface area contributed by atoms with E-state index >= 15 is 0 Å². The van der Waals surface area contributed by atoms with E-state index in [9.17, 15) is 4.79 Å². The first-order chi connectivity index (χ1) is 9.10. The van der Waals surface area contributed by atoms with Crippen LogP contribution in [0.25, 0.3) is 0 Å². The van der Waals surface area contributed by atoms with Crippen LogP contribution in [0.5, 0.6) is 0 Å². The molecule has 0 radical (unpaired) electrons. The number of carbonyl (C=O) groups excluding carboxylic acids is 1.